The summed E-state index contributed by atoms with van der Waals surface area (Å²) in [5, 5.41) is 9.39. The minimum atomic E-state index is -0.708. The normalized spacial score (nSPS) is 22.4. The number of nitrogens with zero attached hydrogens (tertiary/aromatic N) is 1. The van der Waals surface area contributed by atoms with E-state index < -0.39 is 11.5 Å². The van der Waals surface area contributed by atoms with Crippen LogP contribution in [0.1, 0.15) is 18.4 Å². The molecule has 2 fully saturated rings. The number of amides is 1. The van der Waals surface area contributed by atoms with E-state index >= 15 is 0 Å². The van der Waals surface area contributed by atoms with Gasteiger partial charge in [-0.05, 0) is 30.5 Å². The number of hydrogen-bond acceptors (Lipinski definition) is 3. The van der Waals surface area contributed by atoms with Crippen LogP contribution in [0.2, 0.25) is 0 Å². The summed E-state index contributed by atoms with van der Waals surface area (Å²) in [7, 11) is 0. The van der Waals surface area contributed by atoms with Gasteiger partial charge in [-0.3, -0.25) is 4.79 Å². The third-order valence-corrected chi connectivity index (χ3v) is 4.28. The molecule has 1 aromatic carbocycles. The first-order chi connectivity index (χ1) is 9.62. The molecule has 5 heteroatoms. The first-order valence-corrected chi connectivity index (χ1v) is 6.93. The van der Waals surface area contributed by atoms with Gasteiger partial charge < -0.3 is 14.7 Å². The van der Waals surface area contributed by atoms with Crippen molar-refractivity contribution < 1.29 is 19.0 Å². The quantitative estimate of drug-likeness (QED) is 0.881. The average molecular weight is 279 g/mol. The van der Waals surface area contributed by atoms with Gasteiger partial charge in [-0.15, -0.1) is 0 Å². The Balaban J connectivity index is 1.94. The molecule has 1 N–H and O–H groups in total. The summed E-state index contributed by atoms with van der Waals surface area (Å²) < 4.78 is 18.9. The second-order valence-corrected chi connectivity index (χ2v) is 5.57. The van der Waals surface area contributed by atoms with Gasteiger partial charge in [0, 0.05) is 26.3 Å². The van der Waals surface area contributed by atoms with Crippen molar-refractivity contribution in [2.75, 3.05) is 26.3 Å². The van der Waals surface area contributed by atoms with Crippen molar-refractivity contribution in [2.45, 2.75) is 24.4 Å². The molecular weight excluding hydrogens is 261 g/mol. The zero-order chi connectivity index (χ0) is 14.2. The number of ether oxygens (including phenoxy) is 1. The maximum atomic E-state index is 13.5. The number of carbonyl (C=O) groups excluding carboxylic acids is 1. The van der Waals surface area contributed by atoms with E-state index in [2.05, 4.69) is 0 Å². The zero-order valence-electron chi connectivity index (χ0n) is 11.2. The monoisotopic (exact) mass is 279 g/mol. The fourth-order valence-electron chi connectivity index (χ4n) is 3.06. The maximum absolute atomic E-state index is 13.5. The Morgan fingerprint density at radius 2 is 2.05 bits per heavy atom. The van der Waals surface area contributed by atoms with Crippen LogP contribution in [-0.4, -0.2) is 48.3 Å². The zero-order valence-corrected chi connectivity index (χ0v) is 11.2. The van der Waals surface area contributed by atoms with Gasteiger partial charge in [0.1, 0.15) is 5.82 Å². The molecule has 0 aromatic heterocycles. The number of benzene rings is 1. The van der Waals surface area contributed by atoms with Crippen molar-refractivity contribution in [1.29, 1.82) is 0 Å². The highest BCUT2D eigenvalue weighted by atomic mass is 19.1. The summed E-state index contributed by atoms with van der Waals surface area (Å²) in [6.45, 7) is 1.74. The molecule has 2 aliphatic rings. The van der Waals surface area contributed by atoms with Crippen molar-refractivity contribution in [1.82, 2.24) is 4.90 Å². The van der Waals surface area contributed by atoms with E-state index in [0.29, 0.717) is 44.7 Å². The van der Waals surface area contributed by atoms with E-state index in [1.54, 1.807) is 11.0 Å². The minimum Gasteiger partial charge on any atom is -0.389 e. The molecule has 20 heavy (non-hydrogen) atoms. The van der Waals surface area contributed by atoms with Gasteiger partial charge in [0.15, 0.2) is 0 Å². The fourth-order valence-corrected chi connectivity index (χ4v) is 3.06. The molecular formula is C15H18FNO3. The van der Waals surface area contributed by atoms with Crippen LogP contribution in [0, 0.1) is 5.82 Å². The molecule has 3 rings (SSSR count). The second kappa shape index (κ2) is 5.14. The third kappa shape index (κ3) is 2.21. The number of rotatable bonds is 2. The number of halogens is 1. The molecule has 1 amide bonds. The predicted octanol–water partition coefficient (Wildman–Crippen LogP) is 1.08. The van der Waals surface area contributed by atoms with Gasteiger partial charge in [-0.25, -0.2) is 4.39 Å². The molecule has 0 saturated carbocycles. The largest absolute Gasteiger partial charge is 0.389 e. The van der Waals surface area contributed by atoms with Gasteiger partial charge in [0.05, 0.1) is 11.5 Å². The van der Waals surface area contributed by atoms with Crippen LogP contribution in [0.5, 0.6) is 0 Å². The standard InChI is InChI=1S/C15H18FNO3/c16-12-3-1-2-11(8-12)15(4-6-20-7-5-15)14(19)17-9-13(18)10-17/h1-3,8,13,18H,4-7,9-10H2. The van der Waals surface area contributed by atoms with Crippen molar-refractivity contribution >= 4 is 5.91 Å². The van der Waals surface area contributed by atoms with Gasteiger partial charge >= 0.3 is 0 Å². The van der Waals surface area contributed by atoms with Crippen LogP contribution in [0.15, 0.2) is 24.3 Å². The lowest BCUT2D eigenvalue weighted by Crippen LogP contribution is -2.60. The van der Waals surface area contributed by atoms with Crippen LogP contribution >= 0.6 is 0 Å². The SMILES string of the molecule is O=C(N1CC(O)C1)C1(c2cccc(F)c2)CCOCC1. The Labute approximate surface area is 117 Å². The molecule has 0 radical (unpaired) electrons. The first kappa shape index (κ1) is 13.5. The Morgan fingerprint density at radius 1 is 1.35 bits per heavy atom. The highest BCUT2D eigenvalue weighted by Gasteiger charge is 2.46. The van der Waals surface area contributed by atoms with E-state index in [4.69, 9.17) is 4.74 Å². The van der Waals surface area contributed by atoms with E-state index in [1.807, 2.05) is 6.07 Å². The van der Waals surface area contributed by atoms with Crippen LogP contribution in [0.4, 0.5) is 4.39 Å². The second-order valence-electron chi connectivity index (χ2n) is 5.57. The van der Waals surface area contributed by atoms with Crippen molar-refractivity contribution in [2.24, 2.45) is 0 Å². The Hall–Kier alpha value is -1.46. The summed E-state index contributed by atoms with van der Waals surface area (Å²) in [6, 6.07) is 6.27. The summed E-state index contributed by atoms with van der Waals surface area (Å²) in [5.74, 6) is -0.346. The van der Waals surface area contributed by atoms with E-state index in [-0.39, 0.29) is 11.7 Å². The lowest BCUT2D eigenvalue weighted by atomic mass is 9.72. The molecule has 1 aromatic rings. The average Bonchev–Trinajstić information content (AvgIpc) is 2.44. The molecule has 0 spiro atoms. The van der Waals surface area contributed by atoms with Gasteiger partial charge in [0.2, 0.25) is 5.91 Å². The lowest BCUT2D eigenvalue weighted by Gasteiger charge is -2.45. The first-order valence-electron chi connectivity index (χ1n) is 6.93. The highest BCUT2D eigenvalue weighted by Crippen LogP contribution is 2.38. The van der Waals surface area contributed by atoms with E-state index in [9.17, 15) is 14.3 Å². The van der Waals surface area contributed by atoms with Crippen molar-refractivity contribution in [3.63, 3.8) is 0 Å². The Morgan fingerprint density at radius 3 is 2.65 bits per heavy atom. The number of carbonyl (C=O) groups is 1. The number of β-amino-alcohol motifs (C(OH)–C–C–N with tert-alkyl or cyclic N) is 1. The Kier molecular flexibility index (Phi) is 3.48. The molecule has 0 bridgehead atoms. The smallest absolute Gasteiger partial charge is 0.233 e. The molecule has 0 aliphatic carbocycles. The number of likely N-dealkylation sites (tertiary alicyclic amines) is 1. The third-order valence-electron chi connectivity index (χ3n) is 4.28. The van der Waals surface area contributed by atoms with Crippen molar-refractivity contribution in [3.05, 3.63) is 35.6 Å². The number of hydrogen-bond donors (Lipinski definition) is 1. The minimum absolute atomic E-state index is 0.0169. The summed E-state index contributed by atoms with van der Waals surface area (Å²) >= 11 is 0. The molecule has 2 heterocycles. The highest BCUT2D eigenvalue weighted by molar-refractivity contribution is 5.89. The van der Waals surface area contributed by atoms with Gasteiger partial charge in [-0.1, -0.05) is 12.1 Å². The van der Waals surface area contributed by atoms with E-state index in [1.165, 1.54) is 12.1 Å². The lowest BCUT2D eigenvalue weighted by molar-refractivity contribution is -0.151. The van der Waals surface area contributed by atoms with Crippen LogP contribution < -0.4 is 0 Å². The maximum Gasteiger partial charge on any atom is 0.233 e. The summed E-state index contributed by atoms with van der Waals surface area (Å²) in [6.07, 6.45) is 0.687. The summed E-state index contributed by atoms with van der Waals surface area (Å²) in [5.41, 5.74) is 0.00714. The van der Waals surface area contributed by atoms with Crippen molar-refractivity contribution in [3.8, 4) is 0 Å². The number of aliphatic hydroxyl groups is 1. The molecule has 2 aliphatic heterocycles. The van der Waals surface area contributed by atoms with Crippen LogP contribution in [0.3, 0.4) is 0 Å². The molecule has 4 nitrogen and oxygen atoms in total. The summed E-state index contributed by atoms with van der Waals surface area (Å²) in [4.78, 5) is 14.5. The molecule has 0 unspecified atom stereocenters. The Bertz CT molecular complexity index is 508. The van der Waals surface area contributed by atoms with Crippen LogP contribution in [-0.2, 0) is 14.9 Å². The number of aliphatic hydroxyl groups excluding tert-OH is 1. The molecule has 108 valence electrons. The topological polar surface area (TPSA) is 49.8 Å². The van der Waals surface area contributed by atoms with Crippen LogP contribution in [0.25, 0.3) is 0 Å². The molecule has 2 saturated heterocycles. The molecule has 0 atom stereocenters. The van der Waals surface area contributed by atoms with E-state index in [0.717, 1.165) is 0 Å². The fraction of sp³-hybridized carbons (Fsp3) is 0.533. The van der Waals surface area contributed by atoms with Gasteiger partial charge in [0.25, 0.3) is 0 Å². The van der Waals surface area contributed by atoms with Gasteiger partial charge in [-0.2, -0.15) is 0 Å². The predicted molar refractivity (Wildman–Crippen MR) is 70.7 cm³/mol.